The molecule has 26 heavy (non-hydrogen) atoms. The molecular formula is C19H12F2N2O2S. The van der Waals surface area contributed by atoms with E-state index in [1.165, 1.54) is 23.5 Å². The summed E-state index contributed by atoms with van der Waals surface area (Å²) in [7, 11) is 0. The van der Waals surface area contributed by atoms with Gasteiger partial charge in [-0.1, -0.05) is 18.2 Å². The van der Waals surface area contributed by atoms with Crippen LogP contribution in [0.5, 0.6) is 0 Å². The highest BCUT2D eigenvalue weighted by Crippen LogP contribution is 2.31. The summed E-state index contributed by atoms with van der Waals surface area (Å²) in [5.41, 5.74) is 0.545. The van der Waals surface area contributed by atoms with Gasteiger partial charge in [-0.2, -0.15) is 0 Å². The number of nitrogens with zero attached hydrogens (tertiary/aromatic N) is 1. The Hall–Kier alpha value is -3.06. The van der Waals surface area contributed by atoms with Crippen LogP contribution in [0.25, 0.3) is 21.0 Å². The lowest BCUT2D eigenvalue weighted by Crippen LogP contribution is -2.23. The minimum atomic E-state index is -1.17. The Morgan fingerprint density at radius 2 is 1.92 bits per heavy atom. The summed E-state index contributed by atoms with van der Waals surface area (Å²) in [6.07, 6.45) is 0. The highest BCUT2D eigenvalue weighted by atomic mass is 32.1. The molecule has 130 valence electrons. The minimum Gasteiger partial charge on any atom is -0.457 e. The maximum absolute atomic E-state index is 13.6. The van der Waals surface area contributed by atoms with Crippen LogP contribution in [0.15, 0.2) is 59.0 Å². The summed E-state index contributed by atoms with van der Waals surface area (Å²) in [4.78, 5) is 16.5. The van der Waals surface area contributed by atoms with Gasteiger partial charge in [0, 0.05) is 0 Å². The second-order valence-electron chi connectivity index (χ2n) is 5.54. The monoisotopic (exact) mass is 370 g/mol. The largest absolute Gasteiger partial charge is 0.457 e. The van der Waals surface area contributed by atoms with Gasteiger partial charge in [0.25, 0.3) is 5.91 Å². The highest BCUT2D eigenvalue weighted by Gasteiger charge is 2.16. The number of hydrogen-bond donors (Lipinski definition) is 1. The van der Waals surface area contributed by atoms with Crippen LogP contribution in [0.3, 0.4) is 0 Å². The molecule has 0 aliphatic rings. The number of carbonyl (C=O) groups excluding carboxylic acids is 1. The first kappa shape index (κ1) is 16.4. The Labute approximate surface area is 151 Å². The Balaban J connectivity index is 1.48. The first-order valence-corrected chi connectivity index (χ1v) is 8.60. The predicted octanol–water partition coefficient (Wildman–Crippen LogP) is 4.76. The van der Waals surface area contributed by atoms with Crippen molar-refractivity contribution in [2.45, 2.75) is 6.54 Å². The van der Waals surface area contributed by atoms with E-state index in [1.54, 1.807) is 12.1 Å². The third-order valence-corrected chi connectivity index (χ3v) is 4.84. The number of nitrogens with one attached hydrogen (secondary N) is 1. The molecule has 2 aromatic heterocycles. The van der Waals surface area contributed by atoms with Crippen LogP contribution in [0.2, 0.25) is 0 Å². The molecule has 0 radical (unpaired) electrons. The van der Waals surface area contributed by atoms with Crippen molar-refractivity contribution in [1.82, 2.24) is 10.3 Å². The molecule has 4 rings (SSSR count). The number of halogens is 2. The van der Waals surface area contributed by atoms with Gasteiger partial charge in [0.1, 0.15) is 5.76 Å². The highest BCUT2D eigenvalue weighted by molar-refractivity contribution is 7.21. The van der Waals surface area contributed by atoms with Crippen LogP contribution in [-0.4, -0.2) is 10.9 Å². The zero-order chi connectivity index (χ0) is 18.1. The molecule has 0 fully saturated rings. The predicted molar refractivity (Wildman–Crippen MR) is 94.9 cm³/mol. The molecule has 2 heterocycles. The molecule has 0 bridgehead atoms. The quantitative estimate of drug-likeness (QED) is 0.563. The molecule has 0 spiro atoms. The standard InChI is InChI=1S/C19H12F2N2O2S/c20-13-5-3-4-12(17(13)21)18(24)22-10-11-8-9-15(25-11)19-23-14-6-1-2-7-16(14)26-19/h1-9H,10H2,(H,22,24). The van der Waals surface area contributed by atoms with Crippen molar-refractivity contribution < 1.29 is 18.0 Å². The average molecular weight is 370 g/mol. The van der Waals surface area contributed by atoms with Gasteiger partial charge >= 0.3 is 0 Å². The van der Waals surface area contributed by atoms with Gasteiger partial charge < -0.3 is 9.73 Å². The van der Waals surface area contributed by atoms with Gasteiger partial charge in [-0.25, -0.2) is 13.8 Å². The zero-order valence-electron chi connectivity index (χ0n) is 13.3. The van der Waals surface area contributed by atoms with E-state index in [-0.39, 0.29) is 12.1 Å². The zero-order valence-corrected chi connectivity index (χ0v) is 14.1. The third kappa shape index (κ3) is 3.09. The van der Waals surface area contributed by atoms with Crippen LogP contribution >= 0.6 is 11.3 Å². The van der Waals surface area contributed by atoms with Gasteiger partial charge in [0.2, 0.25) is 0 Å². The number of benzene rings is 2. The Morgan fingerprint density at radius 3 is 2.77 bits per heavy atom. The maximum Gasteiger partial charge on any atom is 0.254 e. The SMILES string of the molecule is O=C(NCc1ccc(-c2nc3ccccc3s2)o1)c1cccc(F)c1F. The number of rotatable bonds is 4. The van der Waals surface area contributed by atoms with E-state index in [0.29, 0.717) is 11.5 Å². The van der Waals surface area contributed by atoms with E-state index in [2.05, 4.69) is 10.3 Å². The summed E-state index contributed by atoms with van der Waals surface area (Å²) in [6, 6.07) is 14.7. The number of furan rings is 1. The molecular weight excluding hydrogens is 358 g/mol. The number of fused-ring (bicyclic) bond motifs is 1. The molecule has 1 amide bonds. The fraction of sp³-hybridized carbons (Fsp3) is 0.0526. The van der Waals surface area contributed by atoms with Crippen molar-refractivity contribution in [2.75, 3.05) is 0 Å². The van der Waals surface area contributed by atoms with E-state index in [0.717, 1.165) is 21.3 Å². The van der Waals surface area contributed by atoms with Crippen LogP contribution in [0.4, 0.5) is 8.78 Å². The second kappa shape index (κ2) is 6.68. The lowest BCUT2D eigenvalue weighted by Gasteiger charge is -2.04. The average Bonchev–Trinajstić information content (AvgIpc) is 3.28. The van der Waals surface area contributed by atoms with E-state index < -0.39 is 17.5 Å². The van der Waals surface area contributed by atoms with E-state index in [1.807, 2.05) is 24.3 Å². The summed E-state index contributed by atoms with van der Waals surface area (Å²) < 4.78 is 33.6. The van der Waals surface area contributed by atoms with Crippen LogP contribution in [0, 0.1) is 11.6 Å². The number of amides is 1. The molecule has 4 nitrogen and oxygen atoms in total. The normalized spacial score (nSPS) is 11.0. The Morgan fingerprint density at radius 1 is 1.08 bits per heavy atom. The van der Waals surface area contributed by atoms with E-state index in [4.69, 9.17) is 4.42 Å². The molecule has 2 aromatic carbocycles. The topological polar surface area (TPSA) is 55.1 Å². The number of thiazole rings is 1. The fourth-order valence-corrected chi connectivity index (χ4v) is 3.43. The number of para-hydroxylation sites is 1. The van der Waals surface area contributed by atoms with E-state index in [9.17, 15) is 13.6 Å². The van der Waals surface area contributed by atoms with Crippen molar-refractivity contribution in [1.29, 1.82) is 0 Å². The van der Waals surface area contributed by atoms with Crippen molar-refractivity contribution in [2.24, 2.45) is 0 Å². The summed E-state index contributed by atoms with van der Waals surface area (Å²) in [6.45, 7) is 0.0552. The Kier molecular flexibility index (Phi) is 4.22. The fourth-order valence-electron chi connectivity index (χ4n) is 2.51. The molecule has 0 atom stereocenters. The smallest absolute Gasteiger partial charge is 0.254 e. The summed E-state index contributed by atoms with van der Waals surface area (Å²) >= 11 is 1.51. The van der Waals surface area contributed by atoms with Crippen LogP contribution in [-0.2, 0) is 6.54 Å². The van der Waals surface area contributed by atoms with Crippen molar-refractivity contribution in [3.8, 4) is 10.8 Å². The van der Waals surface area contributed by atoms with Gasteiger partial charge in [0.05, 0.1) is 22.3 Å². The molecule has 0 aliphatic heterocycles. The lowest BCUT2D eigenvalue weighted by atomic mass is 10.2. The second-order valence-corrected chi connectivity index (χ2v) is 6.57. The number of aromatic nitrogens is 1. The minimum absolute atomic E-state index is 0.0552. The molecule has 0 saturated carbocycles. The molecule has 0 aliphatic carbocycles. The molecule has 0 unspecified atom stereocenters. The number of hydrogen-bond acceptors (Lipinski definition) is 4. The Bertz CT molecular complexity index is 1070. The van der Waals surface area contributed by atoms with Crippen LogP contribution in [0.1, 0.15) is 16.1 Å². The summed E-state index contributed by atoms with van der Waals surface area (Å²) in [5, 5.41) is 3.25. The van der Waals surface area contributed by atoms with E-state index >= 15 is 0 Å². The lowest BCUT2D eigenvalue weighted by molar-refractivity contribution is 0.0943. The van der Waals surface area contributed by atoms with Crippen LogP contribution < -0.4 is 5.32 Å². The third-order valence-electron chi connectivity index (χ3n) is 3.79. The van der Waals surface area contributed by atoms with Crippen molar-refractivity contribution in [3.63, 3.8) is 0 Å². The summed E-state index contributed by atoms with van der Waals surface area (Å²) in [5.74, 6) is -1.86. The maximum atomic E-state index is 13.6. The van der Waals surface area contributed by atoms with Gasteiger partial charge in [-0.05, 0) is 36.4 Å². The molecule has 1 N–H and O–H groups in total. The molecule has 0 saturated heterocycles. The van der Waals surface area contributed by atoms with Gasteiger partial charge in [0.15, 0.2) is 22.4 Å². The van der Waals surface area contributed by atoms with Gasteiger partial charge in [-0.3, -0.25) is 4.79 Å². The first-order valence-electron chi connectivity index (χ1n) is 7.78. The first-order chi connectivity index (χ1) is 12.6. The molecule has 7 heteroatoms. The van der Waals surface area contributed by atoms with Crippen molar-refractivity contribution >= 4 is 27.5 Å². The van der Waals surface area contributed by atoms with Gasteiger partial charge in [-0.15, -0.1) is 11.3 Å². The molecule has 4 aromatic rings. The van der Waals surface area contributed by atoms with Crippen molar-refractivity contribution in [3.05, 3.63) is 77.6 Å². The number of carbonyl (C=O) groups is 1.